The lowest BCUT2D eigenvalue weighted by molar-refractivity contribution is -0.167. The van der Waals surface area contributed by atoms with Crippen molar-refractivity contribution in [3.63, 3.8) is 0 Å². The molecule has 0 aromatic heterocycles. The Morgan fingerprint density at radius 1 is 0.317 bits per heavy atom. The molecular formula is C54H104O6. The highest BCUT2D eigenvalue weighted by Gasteiger charge is 2.19. The van der Waals surface area contributed by atoms with E-state index in [9.17, 15) is 14.4 Å². The van der Waals surface area contributed by atoms with Gasteiger partial charge in [0.25, 0.3) is 0 Å². The lowest BCUT2D eigenvalue weighted by Crippen LogP contribution is -2.30. The Bertz CT molecular complexity index is 903. The molecule has 0 spiro atoms. The second-order valence-electron chi connectivity index (χ2n) is 19.0. The fraction of sp³-hybridized carbons (Fsp3) is 0.944. The van der Waals surface area contributed by atoms with Crippen LogP contribution < -0.4 is 0 Å². The van der Waals surface area contributed by atoms with Crippen molar-refractivity contribution in [3.8, 4) is 0 Å². The third-order valence-corrected chi connectivity index (χ3v) is 12.3. The van der Waals surface area contributed by atoms with Crippen molar-refractivity contribution in [2.24, 2.45) is 5.92 Å². The van der Waals surface area contributed by atoms with Gasteiger partial charge in [-0.1, -0.05) is 265 Å². The van der Waals surface area contributed by atoms with Gasteiger partial charge in [-0.25, -0.2) is 0 Å². The highest BCUT2D eigenvalue weighted by Crippen LogP contribution is 2.17. The molecule has 0 rings (SSSR count). The van der Waals surface area contributed by atoms with E-state index in [0.29, 0.717) is 19.3 Å². The highest BCUT2D eigenvalue weighted by atomic mass is 16.6. The first-order valence-corrected chi connectivity index (χ1v) is 26.9. The van der Waals surface area contributed by atoms with E-state index in [1.807, 2.05) is 0 Å². The summed E-state index contributed by atoms with van der Waals surface area (Å²) in [5.74, 6) is -0.0465. The normalized spacial score (nSPS) is 11.9. The minimum absolute atomic E-state index is 0.0628. The van der Waals surface area contributed by atoms with Crippen molar-refractivity contribution in [2.75, 3.05) is 13.2 Å². The molecule has 0 bridgehead atoms. The van der Waals surface area contributed by atoms with Crippen LogP contribution in [0.3, 0.4) is 0 Å². The zero-order chi connectivity index (χ0) is 43.8. The summed E-state index contributed by atoms with van der Waals surface area (Å²) in [6.07, 6.45) is 50.9. The molecule has 0 saturated carbocycles. The van der Waals surface area contributed by atoms with E-state index >= 15 is 0 Å². The van der Waals surface area contributed by atoms with Gasteiger partial charge in [0.2, 0.25) is 0 Å². The highest BCUT2D eigenvalue weighted by molar-refractivity contribution is 5.71. The Labute approximate surface area is 374 Å². The Balaban J connectivity index is 4.29. The first-order valence-electron chi connectivity index (χ1n) is 26.9. The van der Waals surface area contributed by atoms with Crippen LogP contribution in [0.25, 0.3) is 0 Å². The van der Waals surface area contributed by atoms with Crippen molar-refractivity contribution in [1.82, 2.24) is 0 Å². The predicted molar refractivity (Wildman–Crippen MR) is 257 cm³/mol. The summed E-state index contributed by atoms with van der Waals surface area (Å²) in [5, 5.41) is 0. The van der Waals surface area contributed by atoms with Crippen LogP contribution >= 0.6 is 0 Å². The van der Waals surface area contributed by atoms with E-state index in [0.717, 1.165) is 63.7 Å². The molecular weight excluding hydrogens is 745 g/mol. The lowest BCUT2D eigenvalue weighted by atomic mass is 10.0. The Hall–Kier alpha value is -1.59. The van der Waals surface area contributed by atoms with Gasteiger partial charge >= 0.3 is 17.9 Å². The zero-order valence-electron chi connectivity index (χ0n) is 40.9. The van der Waals surface area contributed by atoms with Crippen molar-refractivity contribution in [3.05, 3.63) is 0 Å². The molecule has 0 aliphatic rings. The van der Waals surface area contributed by atoms with Crippen molar-refractivity contribution in [1.29, 1.82) is 0 Å². The molecule has 6 nitrogen and oxygen atoms in total. The number of unbranched alkanes of at least 4 members (excludes halogenated alkanes) is 36. The number of esters is 3. The third kappa shape index (κ3) is 47.5. The van der Waals surface area contributed by atoms with Gasteiger partial charge in [-0.2, -0.15) is 0 Å². The summed E-state index contributed by atoms with van der Waals surface area (Å²) in [5.41, 5.74) is 0. The van der Waals surface area contributed by atoms with Crippen LogP contribution in [0.4, 0.5) is 0 Å². The molecule has 1 atom stereocenters. The van der Waals surface area contributed by atoms with Crippen LogP contribution in [0, 0.1) is 5.92 Å². The molecule has 60 heavy (non-hydrogen) atoms. The predicted octanol–water partition coefficient (Wildman–Crippen LogP) is 17.5. The molecule has 0 saturated heterocycles. The zero-order valence-corrected chi connectivity index (χ0v) is 40.9. The van der Waals surface area contributed by atoms with Crippen molar-refractivity contribution >= 4 is 17.9 Å². The third-order valence-electron chi connectivity index (χ3n) is 12.3. The van der Waals surface area contributed by atoms with Crippen LogP contribution in [0.1, 0.15) is 304 Å². The van der Waals surface area contributed by atoms with Gasteiger partial charge in [0.05, 0.1) is 0 Å². The van der Waals surface area contributed by atoms with E-state index in [4.69, 9.17) is 14.2 Å². The first-order chi connectivity index (χ1) is 29.4. The van der Waals surface area contributed by atoms with Crippen molar-refractivity contribution in [2.45, 2.75) is 310 Å². The molecule has 0 fully saturated rings. The molecule has 0 aromatic carbocycles. The smallest absolute Gasteiger partial charge is 0.306 e. The number of carbonyl (C=O) groups is 3. The number of rotatable bonds is 49. The Morgan fingerprint density at radius 3 is 0.817 bits per heavy atom. The number of hydrogen-bond acceptors (Lipinski definition) is 6. The number of hydrogen-bond donors (Lipinski definition) is 0. The first kappa shape index (κ1) is 58.4. The summed E-state index contributed by atoms with van der Waals surface area (Å²) >= 11 is 0. The van der Waals surface area contributed by atoms with E-state index in [-0.39, 0.29) is 31.1 Å². The molecule has 0 unspecified atom stereocenters. The minimum atomic E-state index is -0.761. The van der Waals surface area contributed by atoms with Crippen LogP contribution in [0.2, 0.25) is 0 Å². The standard InChI is InChI=1S/C54H104O6/c1-5-7-9-11-13-15-17-19-21-23-25-27-29-35-39-43-47-54(57)60-51(49-59-53(56)46-42-38-34-31-30-32-36-40-44-50(3)4)48-58-52(55)45-41-37-33-28-26-24-22-20-18-16-14-12-10-8-6-2/h50-51H,5-49H2,1-4H3/t51-/m0/s1. The monoisotopic (exact) mass is 849 g/mol. The second-order valence-corrected chi connectivity index (χ2v) is 19.0. The summed E-state index contributed by atoms with van der Waals surface area (Å²) in [7, 11) is 0. The van der Waals surface area contributed by atoms with Gasteiger partial charge in [0.15, 0.2) is 6.10 Å². The summed E-state index contributed by atoms with van der Waals surface area (Å²) < 4.78 is 16.8. The van der Waals surface area contributed by atoms with Gasteiger partial charge in [-0.3, -0.25) is 14.4 Å². The van der Waals surface area contributed by atoms with Gasteiger partial charge in [0, 0.05) is 19.3 Å². The topological polar surface area (TPSA) is 78.9 Å². The van der Waals surface area contributed by atoms with E-state index in [2.05, 4.69) is 27.7 Å². The number of carbonyl (C=O) groups excluding carboxylic acids is 3. The quantitative estimate of drug-likeness (QED) is 0.0345. The van der Waals surface area contributed by atoms with Gasteiger partial charge in [0.1, 0.15) is 13.2 Å². The number of ether oxygens (including phenoxy) is 3. The molecule has 0 N–H and O–H groups in total. The molecule has 356 valence electrons. The Kier molecular flexibility index (Phi) is 47.2. The molecule has 0 heterocycles. The van der Waals surface area contributed by atoms with Crippen LogP contribution in [-0.4, -0.2) is 37.2 Å². The molecule has 0 aliphatic carbocycles. The lowest BCUT2D eigenvalue weighted by Gasteiger charge is -2.18. The SMILES string of the molecule is CCCCCCCCCCCCCCCCCCC(=O)O[C@@H](COC(=O)CCCCCCCCCCCCCCCCC)COC(=O)CCCCCCCCCCC(C)C. The van der Waals surface area contributed by atoms with Crippen LogP contribution in [0.15, 0.2) is 0 Å². The minimum Gasteiger partial charge on any atom is -0.462 e. The van der Waals surface area contributed by atoms with Crippen LogP contribution in [-0.2, 0) is 28.6 Å². The average molecular weight is 849 g/mol. The second kappa shape index (κ2) is 48.4. The average Bonchev–Trinajstić information content (AvgIpc) is 3.23. The van der Waals surface area contributed by atoms with Gasteiger partial charge in [-0.15, -0.1) is 0 Å². The van der Waals surface area contributed by atoms with E-state index in [1.165, 1.54) is 199 Å². The molecule has 0 aromatic rings. The van der Waals surface area contributed by atoms with E-state index < -0.39 is 6.10 Å². The van der Waals surface area contributed by atoms with Crippen molar-refractivity contribution < 1.29 is 28.6 Å². The molecule has 6 heteroatoms. The Morgan fingerprint density at radius 2 is 0.550 bits per heavy atom. The van der Waals surface area contributed by atoms with Crippen LogP contribution in [0.5, 0.6) is 0 Å². The maximum Gasteiger partial charge on any atom is 0.306 e. The molecule has 0 radical (unpaired) electrons. The maximum absolute atomic E-state index is 12.8. The summed E-state index contributed by atoms with van der Waals surface area (Å²) in [6.45, 7) is 9.01. The summed E-state index contributed by atoms with van der Waals surface area (Å²) in [6, 6.07) is 0. The molecule has 0 amide bonds. The maximum atomic E-state index is 12.8. The van der Waals surface area contributed by atoms with Gasteiger partial charge < -0.3 is 14.2 Å². The fourth-order valence-electron chi connectivity index (χ4n) is 8.22. The largest absolute Gasteiger partial charge is 0.462 e. The van der Waals surface area contributed by atoms with E-state index in [1.54, 1.807) is 0 Å². The van der Waals surface area contributed by atoms with Gasteiger partial charge in [-0.05, 0) is 25.2 Å². The molecule has 0 aliphatic heterocycles. The fourth-order valence-corrected chi connectivity index (χ4v) is 8.22. The summed E-state index contributed by atoms with van der Waals surface area (Å²) in [4.78, 5) is 38.0.